The summed E-state index contributed by atoms with van der Waals surface area (Å²) in [4.78, 5) is 41.5. The first kappa shape index (κ1) is 26.9. The van der Waals surface area contributed by atoms with Crippen LogP contribution >= 0.6 is 35.0 Å². The number of primary amides is 1. The van der Waals surface area contributed by atoms with Gasteiger partial charge < -0.3 is 16.0 Å². The highest BCUT2D eigenvalue weighted by molar-refractivity contribution is 7.99. The van der Waals surface area contributed by atoms with Crippen molar-refractivity contribution in [1.29, 1.82) is 0 Å². The molecule has 3 atom stereocenters. The van der Waals surface area contributed by atoms with Crippen molar-refractivity contribution in [3.05, 3.63) is 93.5 Å². The first-order valence-electron chi connectivity index (χ1n) is 11.1. The maximum absolute atomic E-state index is 13.8. The zero-order chi connectivity index (χ0) is 26.9. The summed E-state index contributed by atoms with van der Waals surface area (Å²) in [6.45, 7) is 1.40. The predicted octanol–water partition coefficient (Wildman–Crippen LogP) is 5.37. The van der Waals surface area contributed by atoms with E-state index in [9.17, 15) is 23.2 Å². The van der Waals surface area contributed by atoms with Crippen LogP contribution in [0.1, 0.15) is 23.3 Å². The second kappa shape index (κ2) is 11.1. The minimum Gasteiger partial charge on any atom is -0.368 e. The fourth-order valence-electron chi connectivity index (χ4n) is 4.16. The third-order valence-corrected chi connectivity index (χ3v) is 8.05. The Balaban J connectivity index is 1.84. The molecule has 1 heterocycles. The van der Waals surface area contributed by atoms with E-state index in [1.54, 1.807) is 36.4 Å². The SMILES string of the molecule is C[C@@H](C(N)=O)N(C(=O)Cc1cc(F)cc(F)c1)[C@@H]1C(=O)Nc2ccccc2S[C@@H]1c1ccc(Cl)c(Cl)c1. The summed E-state index contributed by atoms with van der Waals surface area (Å²) in [7, 11) is 0. The molecule has 6 nitrogen and oxygen atoms in total. The van der Waals surface area contributed by atoms with E-state index in [0.29, 0.717) is 22.3 Å². The number of benzene rings is 3. The van der Waals surface area contributed by atoms with Crippen LogP contribution in [0.3, 0.4) is 0 Å². The number of rotatable bonds is 6. The van der Waals surface area contributed by atoms with E-state index in [2.05, 4.69) is 5.32 Å². The highest BCUT2D eigenvalue weighted by Gasteiger charge is 2.43. The third-order valence-electron chi connectivity index (χ3n) is 5.92. The minimum absolute atomic E-state index is 0.0419. The fraction of sp³-hybridized carbons (Fsp3) is 0.192. The van der Waals surface area contributed by atoms with Crippen molar-refractivity contribution >= 4 is 58.4 Å². The Morgan fingerprint density at radius 1 is 1.05 bits per heavy atom. The Morgan fingerprint density at radius 3 is 2.38 bits per heavy atom. The van der Waals surface area contributed by atoms with E-state index >= 15 is 0 Å². The molecule has 0 aromatic heterocycles. The average molecular weight is 564 g/mol. The number of halogens is 4. The van der Waals surface area contributed by atoms with Gasteiger partial charge in [-0.1, -0.05) is 41.4 Å². The summed E-state index contributed by atoms with van der Waals surface area (Å²) in [6.07, 6.45) is -0.470. The van der Waals surface area contributed by atoms with E-state index in [0.717, 1.165) is 21.9 Å². The van der Waals surface area contributed by atoms with Crippen LogP contribution in [-0.2, 0) is 20.8 Å². The molecule has 0 radical (unpaired) electrons. The molecule has 0 saturated carbocycles. The third kappa shape index (κ3) is 5.89. The van der Waals surface area contributed by atoms with E-state index in [4.69, 9.17) is 28.9 Å². The lowest BCUT2D eigenvalue weighted by Gasteiger charge is -2.37. The molecule has 0 aliphatic carbocycles. The van der Waals surface area contributed by atoms with Crippen LogP contribution in [0.15, 0.2) is 65.6 Å². The first-order chi connectivity index (χ1) is 17.5. The molecule has 37 heavy (non-hydrogen) atoms. The monoisotopic (exact) mass is 563 g/mol. The number of nitrogens with two attached hydrogens (primary N) is 1. The van der Waals surface area contributed by atoms with Gasteiger partial charge in [0, 0.05) is 11.0 Å². The molecule has 4 rings (SSSR count). The molecular formula is C26H21Cl2F2N3O3S. The number of carbonyl (C=O) groups excluding carboxylic acids is 3. The number of amides is 3. The molecule has 3 N–H and O–H groups in total. The predicted molar refractivity (Wildman–Crippen MR) is 139 cm³/mol. The Morgan fingerprint density at radius 2 is 1.73 bits per heavy atom. The second-order valence-corrected chi connectivity index (χ2v) is 10.5. The number of anilines is 1. The van der Waals surface area contributed by atoms with Crippen molar-refractivity contribution in [3.63, 3.8) is 0 Å². The number of carbonyl (C=O) groups is 3. The lowest BCUT2D eigenvalue weighted by Crippen LogP contribution is -2.57. The summed E-state index contributed by atoms with van der Waals surface area (Å²) in [5.41, 5.74) is 6.73. The van der Waals surface area contributed by atoms with Crippen LogP contribution in [0.5, 0.6) is 0 Å². The van der Waals surface area contributed by atoms with Gasteiger partial charge in [0.1, 0.15) is 23.7 Å². The molecule has 192 valence electrons. The van der Waals surface area contributed by atoms with Crippen LogP contribution in [0.25, 0.3) is 0 Å². The largest absolute Gasteiger partial charge is 0.368 e. The summed E-state index contributed by atoms with van der Waals surface area (Å²) >= 11 is 13.7. The van der Waals surface area contributed by atoms with Gasteiger partial charge in [0.25, 0.3) is 0 Å². The Labute approximate surface area is 226 Å². The number of hydrogen-bond donors (Lipinski definition) is 2. The molecule has 0 saturated heterocycles. The van der Waals surface area contributed by atoms with Gasteiger partial charge in [0.2, 0.25) is 17.7 Å². The Hall–Kier alpha value is -3.14. The van der Waals surface area contributed by atoms with Crippen molar-refractivity contribution in [1.82, 2.24) is 4.90 Å². The number of thioether (sulfide) groups is 1. The normalized spacial score (nSPS) is 17.8. The first-order valence-corrected chi connectivity index (χ1v) is 12.8. The van der Waals surface area contributed by atoms with E-state index < -0.39 is 53.1 Å². The highest BCUT2D eigenvalue weighted by atomic mass is 35.5. The molecule has 11 heteroatoms. The van der Waals surface area contributed by atoms with Crippen LogP contribution < -0.4 is 11.1 Å². The van der Waals surface area contributed by atoms with Gasteiger partial charge in [-0.3, -0.25) is 14.4 Å². The zero-order valence-electron chi connectivity index (χ0n) is 19.4. The number of hydrogen-bond acceptors (Lipinski definition) is 4. The van der Waals surface area contributed by atoms with Crippen molar-refractivity contribution in [3.8, 4) is 0 Å². The van der Waals surface area contributed by atoms with E-state index in [1.807, 2.05) is 6.07 Å². The summed E-state index contributed by atoms with van der Waals surface area (Å²) < 4.78 is 27.6. The highest BCUT2D eigenvalue weighted by Crippen LogP contribution is 2.46. The van der Waals surface area contributed by atoms with Crippen LogP contribution in [0.4, 0.5) is 14.5 Å². The number of nitrogens with one attached hydrogen (secondary N) is 1. The van der Waals surface area contributed by atoms with Crippen molar-refractivity contribution in [2.24, 2.45) is 5.73 Å². The fourth-order valence-corrected chi connectivity index (χ4v) is 5.81. The molecule has 0 fully saturated rings. The van der Waals surface area contributed by atoms with Crippen molar-refractivity contribution in [2.45, 2.75) is 35.6 Å². The number of para-hydroxylation sites is 1. The van der Waals surface area contributed by atoms with Crippen LogP contribution in [0, 0.1) is 11.6 Å². The molecule has 0 bridgehead atoms. The summed E-state index contributed by atoms with van der Waals surface area (Å²) in [6, 6.07) is 12.2. The van der Waals surface area contributed by atoms with Crippen molar-refractivity contribution in [2.75, 3.05) is 5.32 Å². The van der Waals surface area contributed by atoms with Gasteiger partial charge in [-0.15, -0.1) is 11.8 Å². The summed E-state index contributed by atoms with van der Waals surface area (Å²) in [5.74, 6) is -3.85. The minimum atomic E-state index is -1.25. The van der Waals surface area contributed by atoms with Gasteiger partial charge >= 0.3 is 0 Å². The molecule has 0 spiro atoms. The number of nitrogens with zero attached hydrogens (tertiary/aromatic N) is 1. The lowest BCUT2D eigenvalue weighted by molar-refractivity contribution is -0.144. The molecule has 1 aliphatic rings. The standard InChI is InChI=1S/C26H21Cl2F2N3O3S/c1-13(25(31)35)33(22(34)10-14-8-16(29)12-17(30)9-14)23-24(15-6-7-18(27)19(28)11-15)37-21-5-3-2-4-20(21)32-26(23)36/h2-9,11-13,23-24H,10H2,1H3,(H2,31,35)(H,32,36)/t13-,23-,24+/m0/s1. The van der Waals surface area contributed by atoms with Gasteiger partial charge in [-0.2, -0.15) is 0 Å². The summed E-state index contributed by atoms with van der Waals surface area (Å²) in [5, 5.41) is 2.63. The number of fused-ring (bicyclic) bond motifs is 1. The molecular weight excluding hydrogens is 543 g/mol. The van der Waals surface area contributed by atoms with E-state index in [1.165, 1.54) is 18.7 Å². The Kier molecular flexibility index (Phi) is 8.06. The van der Waals surface area contributed by atoms with Gasteiger partial charge in [0.05, 0.1) is 27.4 Å². The van der Waals surface area contributed by atoms with Gasteiger partial charge in [0.15, 0.2) is 0 Å². The maximum atomic E-state index is 13.8. The Bertz CT molecular complexity index is 1370. The molecule has 3 amide bonds. The quantitative estimate of drug-likeness (QED) is 0.421. The molecule has 3 aromatic rings. The smallest absolute Gasteiger partial charge is 0.248 e. The maximum Gasteiger partial charge on any atom is 0.248 e. The van der Waals surface area contributed by atoms with Crippen LogP contribution in [0.2, 0.25) is 10.0 Å². The molecule has 3 aromatic carbocycles. The zero-order valence-corrected chi connectivity index (χ0v) is 21.7. The van der Waals surface area contributed by atoms with Crippen molar-refractivity contribution < 1.29 is 23.2 Å². The van der Waals surface area contributed by atoms with E-state index in [-0.39, 0.29) is 10.6 Å². The lowest BCUT2D eigenvalue weighted by atomic mass is 9.99. The van der Waals surface area contributed by atoms with Gasteiger partial charge in [-0.05, 0) is 54.4 Å². The van der Waals surface area contributed by atoms with Crippen LogP contribution in [-0.4, -0.2) is 34.7 Å². The molecule has 1 aliphatic heterocycles. The van der Waals surface area contributed by atoms with Gasteiger partial charge in [-0.25, -0.2) is 8.78 Å². The average Bonchev–Trinajstić information content (AvgIpc) is 2.96. The second-order valence-electron chi connectivity index (χ2n) is 8.48. The topological polar surface area (TPSA) is 92.5 Å². The molecule has 0 unspecified atom stereocenters.